The molecule has 1 fully saturated rings. The molecular weight excluding hydrogens is 278 g/mol. The van der Waals surface area contributed by atoms with E-state index in [0.717, 1.165) is 30.9 Å². The largest absolute Gasteiger partial charge is 0.450 e. The lowest BCUT2D eigenvalue weighted by atomic mass is 10.2. The van der Waals surface area contributed by atoms with E-state index < -0.39 is 0 Å². The Bertz CT molecular complexity index is 386. The van der Waals surface area contributed by atoms with Gasteiger partial charge in [0.05, 0.1) is 18.5 Å². The van der Waals surface area contributed by atoms with Crippen molar-refractivity contribution in [2.75, 3.05) is 25.4 Å². The fourth-order valence-corrected chi connectivity index (χ4v) is 1.79. The van der Waals surface area contributed by atoms with Crippen LogP contribution in [0.5, 0.6) is 0 Å². The lowest BCUT2D eigenvalue weighted by molar-refractivity contribution is 0.114. The summed E-state index contributed by atoms with van der Waals surface area (Å²) in [6.45, 7) is 12.4. The Morgan fingerprint density at radius 2 is 2.05 bits per heavy atom. The molecule has 2 heterocycles. The molecule has 0 radical (unpaired) electrons. The maximum absolute atomic E-state index is 11.1. The van der Waals surface area contributed by atoms with Crippen LogP contribution < -0.4 is 5.73 Å². The summed E-state index contributed by atoms with van der Waals surface area (Å²) in [5.74, 6) is 0.638. The highest BCUT2D eigenvalue weighted by Crippen LogP contribution is 2.15. The number of nitrogen functional groups attached to an aromatic ring is 1. The van der Waals surface area contributed by atoms with Crippen LogP contribution in [-0.4, -0.2) is 35.7 Å². The number of aryl methyl sites for hydroxylation is 1. The molecule has 0 aliphatic carbocycles. The lowest BCUT2D eigenvalue weighted by Gasteiger charge is -2.14. The van der Waals surface area contributed by atoms with Gasteiger partial charge in [0.2, 0.25) is 0 Å². The van der Waals surface area contributed by atoms with E-state index in [1.54, 1.807) is 11.1 Å². The Labute approximate surface area is 134 Å². The molecule has 1 unspecified atom stereocenters. The minimum atomic E-state index is -0.156. The van der Waals surface area contributed by atoms with Crippen molar-refractivity contribution in [3.05, 3.63) is 24.0 Å². The van der Waals surface area contributed by atoms with E-state index in [0.29, 0.717) is 12.5 Å². The highest BCUT2D eigenvalue weighted by Gasteiger charge is 2.23. The van der Waals surface area contributed by atoms with Crippen molar-refractivity contribution in [2.24, 2.45) is 5.92 Å². The molecule has 5 heteroatoms. The van der Waals surface area contributed by atoms with Crippen molar-refractivity contribution in [2.45, 2.75) is 47.5 Å². The van der Waals surface area contributed by atoms with Gasteiger partial charge in [-0.2, -0.15) is 0 Å². The van der Waals surface area contributed by atoms with Gasteiger partial charge in [-0.25, -0.2) is 4.79 Å². The van der Waals surface area contributed by atoms with Crippen molar-refractivity contribution in [3.8, 4) is 0 Å². The number of nitrogens with zero attached hydrogens (tertiary/aromatic N) is 2. The molecule has 2 N–H and O–H groups in total. The maximum atomic E-state index is 11.1. The van der Waals surface area contributed by atoms with Gasteiger partial charge in [-0.3, -0.25) is 4.98 Å². The number of pyridine rings is 1. The second-order valence-electron chi connectivity index (χ2n) is 5.48. The normalized spacial score (nSPS) is 16.0. The third kappa shape index (κ3) is 9.21. The molecular formula is C17H31N3O2. The lowest BCUT2D eigenvalue weighted by Crippen LogP contribution is -2.28. The van der Waals surface area contributed by atoms with Crippen LogP contribution in [0.25, 0.3) is 0 Å². The Kier molecular flexibility index (Phi) is 10.9. The summed E-state index contributed by atoms with van der Waals surface area (Å²) in [6.07, 6.45) is 3.85. The van der Waals surface area contributed by atoms with Crippen LogP contribution in [0.4, 0.5) is 10.5 Å². The predicted molar refractivity (Wildman–Crippen MR) is 91.7 cm³/mol. The smallest absolute Gasteiger partial charge is 0.409 e. The Morgan fingerprint density at radius 3 is 2.41 bits per heavy atom. The molecule has 2 rings (SSSR count). The van der Waals surface area contributed by atoms with Crippen LogP contribution in [0.15, 0.2) is 18.3 Å². The van der Waals surface area contributed by atoms with Crippen molar-refractivity contribution in [1.29, 1.82) is 0 Å². The zero-order valence-electron chi connectivity index (χ0n) is 14.6. The molecule has 1 atom stereocenters. The first-order valence-corrected chi connectivity index (χ1v) is 8.04. The second kappa shape index (κ2) is 11.8. The zero-order chi connectivity index (χ0) is 17.0. The van der Waals surface area contributed by atoms with E-state index in [9.17, 15) is 4.79 Å². The van der Waals surface area contributed by atoms with Gasteiger partial charge in [-0.15, -0.1) is 0 Å². The summed E-state index contributed by atoms with van der Waals surface area (Å²) in [5.41, 5.74) is 7.08. The standard InChI is InChI=1S/C8H15NO2.C6H8N2.C3H8/c1-3-11-8(10)9-5-4-7(2)6-9;1-5-2-3-6(7)4-8-5;1-3-2/h7H,3-6H2,1-2H3;2-4H,7H2,1H3;3H2,1-2H3. The van der Waals surface area contributed by atoms with Gasteiger partial charge < -0.3 is 15.4 Å². The van der Waals surface area contributed by atoms with Crippen molar-refractivity contribution in [3.63, 3.8) is 0 Å². The number of carbonyl (C=O) groups excluding carboxylic acids is 1. The Balaban J connectivity index is 0.000000352. The van der Waals surface area contributed by atoms with Gasteiger partial charge in [-0.1, -0.05) is 27.2 Å². The Morgan fingerprint density at radius 1 is 1.41 bits per heavy atom. The SMILES string of the molecule is CCC.CCOC(=O)N1CCC(C)C1.Cc1ccc(N)cn1. The topological polar surface area (TPSA) is 68.5 Å². The fraction of sp³-hybridized carbons (Fsp3) is 0.647. The highest BCUT2D eigenvalue weighted by molar-refractivity contribution is 5.67. The van der Waals surface area contributed by atoms with E-state index >= 15 is 0 Å². The third-order valence-electron chi connectivity index (χ3n) is 2.88. The monoisotopic (exact) mass is 309 g/mol. The van der Waals surface area contributed by atoms with Crippen LogP contribution in [0, 0.1) is 12.8 Å². The van der Waals surface area contributed by atoms with Crippen molar-refractivity contribution >= 4 is 11.8 Å². The summed E-state index contributed by atoms with van der Waals surface area (Å²) < 4.78 is 4.86. The minimum absolute atomic E-state index is 0.156. The molecule has 1 aliphatic rings. The molecule has 22 heavy (non-hydrogen) atoms. The van der Waals surface area contributed by atoms with Gasteiger partial charge in [0, 0.05) is 18.8 Å². The average molecular weight is 309 g/mol. The minimum Gasteiger partial charge on any atom is -0.450 e. The van der Waals surface area contributed by atoms with E-state index in [1.807, 2.05) is 26.0 Å². The maximum Gasteiger partial charge on any atom is 0.409 e. The van der Waals surface area contributed by atoms with Crippen LogP contribution in [0.1, 0.15) is 46.2 Å². The number of anilines is 1. The van der Waals surface area contributed by atoms with E-state index in [1.165, 1.54) is 6.42 Å². The first kappa shape index (κ1) is 20.2. The number of aromatic nitrogens is 1. The molecule has 0 saturated carbocycles. The summed E-state index contributed by atoms with van der Waals surface area (Å²) in [4.78, 5) is 16.8. The Hall–Kier alpha value is -1.78. The van der Waals surface area contributed by atoms with E-state index in [-0.39, 0.29) is 6.09 Å². The summed E-state index contributed by atoms with van der Waals surface area (Å²) >= 11 is 0. The quantitative estimate of drug-likeness (QED) is 0.855. The molecule has 0 bridgehead atoms. The van der Waals surface area contributed by atoms with Crippen molar-refractivity contribution in [1.82, 2.24) is 9.88 Å². The van der Waals surface area contributed by atoms with Crippen LogP contribution in [0.3, 0.4) is 0 Å². The van der Waals surface area contributed by atoms with E-state index in [2.05, 4.69) is 25.8 Å². The molecule has 1 aliphatic heterocycles. The third-order valence-corrected chi connectivity index (χ3v) is 2.88. The van der Waals surface area contributed by atoms with Gasteiger partial charge in [0.1, 0.15) is 0 Å². The van der Waals surface area contributed by atoms with Crippen LogP contribution in [0.2, 0.25) is 0 Å². The number of likely N-dealkylation sites (tertiary alicyclic amines) is 1. The number of nitrogens with two attached hydrogens (primary N) is 1. The predicted octanol–water partition coefficient (Wildman–Crippen LogP) is 3.87. The van der Waals surface area contributed by atoms with Crippen LogP contribution >= 0.6 is 0 Å². The number of amides is 1. The second-order valence-corrected chi connectivity index (χ2v) is 5.48. The summed E-state index contributed by atoms with van der Waals surface area (Å²) in [6, 6.07) is 3.72. The van der Waals surface area contributed by atoms with E-state index in [4.69, 9.17) is 10.5 Å². The molecule has 1 aromatic rings. The first-order valence-electron chi connectivity index (χ1n) is 8.04. The first-order chi connectivity index (χ1) is 10.4. The average Bonchev–Trinajstić information content (AvgIpc) is 2.91. The van der Waals surface area contributed by atoms with Gasteiger partial charge in [-0.05, 0) is 38.3 Å². The molecule has 126 valence electrons. The van der Waals surface area contributed by atoms with Gasteiger partial charge >= 0.3 is 6.09 Å². The van der Waals surface area contributed by atoms with Crippen LogP contribution in [-0.2, 0) is 4.74 Å². The number of carbonyl (C=O) groups is 1. The molecule has 1 aromatic heterocycles. The number of rotatable bonds is 1. The molecule has 1 amide bonds. The highest BCUT2D eigenvalue weighted by atomic mass is 16.6. The number of hydrogen-bond donors (Lipinski definition) is 1. The fourth-order valence-electron chi connectivity index (χ4n) is 1.79. The molecule has 1 saturated heterocycles. The summed E-state index contributed by atoms with van der Waals surface area (Å²) in [5, 5.41) is 0. The molecule has 5 nitrogen and oxygen atoms in total. The summed E-state index contributed by atoms with van der Waals surface area (Å²) in [7, 11) is 0. The molecule has 0 spiro atoms. The van der Waals surface area contributed by atoms with Gasteiger partial charge in [0.25, 0.3) is 0 Å². The zero-order valence-corrected chi connectivity index (χ0v) is 14.6. The number of ether oxygens (including phenoxy) is 1. The molecule has 0 aromatic carbocycles. The van der Waals surface area contributed by atoms with Gasteiger partial charge in [0.15, 0.2) is 0 Å². The number of hydrogen-bond acceptors (Lipinski definition) is 4. The van der Waals surface area contributed by atoms with Crippen molar-refractivity contribution < 1.29 is 9.53 Å².